The quantitative estimate of drug-likeness (QED) is 0.114. The molecule has 1 heterocycles. The van der Waals surface area contributed by atoms with E-state index in [0.717, 1.165) is 24.8 Å². The molecule has 1 fully saturated rings. The van der Waals surface area contributed by atoms with Gasteiger partial charge in [0.2, 0.25) is 0 Å². The van der Waals surface area contributed by atoms with E-state index in [9.17, 15) is 13.2 Å². The van der Waals surface area contributed by atoms with Gasteiger partial charge >= 0.3 is 16.5 Å². The second-order valence-corrected chi connectivity index (χ2v) is 19.2. The third-order valence-electron chi connectivity index (χ3n) is 8.52. The molecule has 0 aliphatic carbocycles. The van der Waals surface area contributed by atoms with E-state index in [4.69, 9.17) is 17.5 Å². The SMILES string of the molecule is CCCCCCCCCCCCCC[C@H]1OS(=O)(=O)O[C@@H]1[C@H](CO[Si](C)(C)C(C)(C)C)NC(=O)OCc1ccccc1. The Bertz CT molecular complexity index is 998. The van der Waals surface area contributed by atoms with Gasteiger partial charge in [0.05, 0.1) is 12.6 Å². The van der Waals surface area contributed by atoms with E-state index < -0.39 is 43.1 Å². The summed E-state index contributed by atoms with van der Waals surface area (Å²) < 4.78 is 47.4. The zero-order chi connectivity index (χ0) is 31.1. The molecular weight excluding hydrogens is 571 g/mol. The topological polar surface area (TPSA) is 100 Å². The lowest BCUT2D eigenvalue weighted by Gasteiger charge is -2.38. The van der Waals surface area contributed by atoms with Crippen LogP contribution in [-0.2, 0) is 34.5 Å². The number of hydrogen-bond acceptors (Lipinski definition) is 7. The first-order valence-corrected chi connectivity index (χ1v) is 20.3. The number of hydrogen-bond donors (Lipinski definition) is 1. The molecule has 1 aliphatic heterocycles. The number of rotatable bonds is 20. The van der Waals surface area contributed by atoms with Crippen LogP contribution < -0.4 is 5.32 Å². The van der Waals surface area contributed by atoms with E-state index >= 15 is 0 Å². The van der Waals surface area contributed by atoms with E-state index in [2.05, 4.69) is 46.1 Å². The van der Waals surface area contributed by atoms with Crippen LogP contribution in [0, 0.1) is 0 Å². The number of alkyl carbamates (subject to hydrolysis) is 1. The van der Waals surface area contributed by atoms with Crippen molar-refractivity contribution in [3.05, 3.63) is 35.9 Å². The molecule has 1 aromatic carbocycles. The van der Waals surface area contributed by atoms with E-state index in [1.165, 1.54) is 57.8 Å². The summed E-state index contributed by atoms with van der Waals surface area (Å²) >= 11 is 0. The molecule has 242 valence electrons. The van der Waals surface area contributed by atoms with E-state index in [0.29, 0.717) is 6.42 Å². The van der Waals surface area contributed by atoms with Crippen LogP contribution in [0.15, 0.2) is 30.3 Å². The van der Waals surface area contributed by atoms with Gasteiger partial charge in [0, 0.05) is 0 Å². The Kier molecular flexibility index (Phi) is 16.1. The van der Waals surface area contributed by atoms with E-state index in [-0.39, 0.29) is 18.3 Å². The van der Waals surface area contributed by atoms with Crippen LogP contribution in [0.4, 0.5) is 4.79 Å². The van der Waals surface area contributed by atoms with Crippen LogP contribution in [0.2, 0.25) is 18.1 Å². The van der Waals surface area contributed by atoms with Crippen molar-refractivity contribution in [2.75, 3.05) is 6.61 Å². The predicted molar refractivity (Wildman–Crippen MR) is 171 cm³/mol. The molecular formula is C32H57NO7SSi. The summed E-state index contributed by atoms with van der Waals surface area (Å²) in [6, 6.07) is 8.64. The number of nitrogens with one attached hydrogen (secondary N) is 1. The highest BCUT2D eigenvalue weighted by molar-refractivity contribution is 7.82. The lowest BCUT2D eigenvalue weighted by Crippen LogP contribution is -2.53. The maximum absolute atomic E-state index is 12.8. The molecule has 3 atom stereocenters. The van der Waals surface area contributed by atoms with Crippen LogP contribution in [0.25, 0.3) is 0 Å². The summed E-state index contributed by atoms with van der Waals surface area (Å²) in [4.78, 5) is 12.8. The van der Waals surface area contributed by atoms with Crippen LogP contribution in [0.1, 0.15) is 117 Å². The fraction of sp³-hybridized carbons (Fsp3) is 0.781. The highest BCUT2D eigenvalue weighted by Gasteiger charge is 2.46. The minimum Gasteiger partial charge on any atom is -0.445 e. The van der Waals surface area contributed by atoms with Gasteiger partial charge in [-0.25, -0.2) is 13.2 Å². The lowest BCUT2D eigenvalue weighted by molar-refractivity contribution is 0.0711. The number of amides is 1. The third kappa shape index (κ3) is 13.9. The largest absolute Gasteiger partial charge is 0.445 e. The summed E-state index contributed by atoms with van der Waals surface area (Å²) in [7, 11) is -6.36. The Morgan fingerprint density at radius 3 is 2.00 bits per heavy atom. The summed E-state index contributed by atoms with van der Waals surface area (Å²) in [6.07, 6.45) is 12.9. The Hall–Kier alpha value is -1.46. The highest BCUT2D eigenvalue weighted by Crippen LogP contribution is 2.37. The van der Waals surface area contributed by atoms with Gasteiger partial charge < -0.3 is 14.5 Å². The van der Waals surface area contributed by atoms with Crippen molar-refractivity contribution in [3.63, 3.8) is 0 Å². The number of carbonyl (C=O) groups is 1. The van der Waals surface area contributed by atoms with Crippen molar-refractivity contribution in [1.29, 1.82) is 0 Å². The molecule has 0 aromatic heterocycles. The second-order valence-electron chi connectivity index (χ2n) is 13.2. The lowest BCUT2D eigenvalue weighted by atomic mass is 9.99. The van der Waals surface area contributed by atoms with Gasteiger partial charge in [-0.15, -0.1) is 0 Å². The van der Waals surface area contributed by atoms with Gasteiger partial charge in [0.15, 0.2) is 8.32 Å². The fourth-order valence-corrected chi connectivity index (χ4v) is 6.91. The summed E-state index contributed by atoms with van der Waals surface area (Å²) in [5.41, 5.74) is 0.856. The highest BCUT2D eigenvalue weighted by atomic mass is 32.3. The van der Waals surface area contributed by atoms with Gasteiger partial charge in [-0.2, -0.15) is 8.42 Å². The van der Waals surface area contributed by atoms with Crippen LogP contribution in [-0.4, -0.2) is 47.7 Å². The van der Waals surface area contributed by atoms with Gasteiger partial charge in [-0.1, -0.05) is 135 Å². The molecule has 0 saturated carbocycles. The first-order chi connectivity index (χ1) is 19.8. The molecule has 10 heteroatoms. The first-order valence-electron chi connectivity index (χ1n) is 16.1. The molecule has 0 bridgehead atoms. The van der Waals surface area contributed by atoms with Crippen LogP contribution in [0.3, 0.4) is 0 Å². The van der Waals surface area contributed by atoms with E-state index in [1.807, 2.05) is 30.3 Å². The number of carbonyl (C=O) groups excluding carboxylic acids is 1. The van der Waals surface area contributed by atoms with Gasteiger partial charge in [0.1, 0.15) is 18.8 Å². The summed E-state index contributed by atoms with van der Waals surface area (Å²) in [5, 5.41) is 2.78. The normalized spacial score (nSPS) is 19.5. The van der Waals surface area contributed by atoms with Gasteiger partial charge in [-0.05, 0) is 30.1 Å². The average molecular weight is 628 g/mol. The summed E-state index contributed by atoms with van der Waals surface area (Å²) in [5.74, 6) is 0. The molecule has 1 saturated heterocycles. The minimum absolute atomic E-state index is 0.0566. The Morgan fingerprint density at radius 1 is 0.905 bits per heavy atom. The second kappa shape index (κ2) is 18.4. The number of benzene rings is 1. The third-order valence-corrected chi connectivity index (χ3v) is 14.0. The maximum atomic E-state index is 12.8. The Balaban J connectivity index is 1.91. The molecule has 1 aliphatic rings. The zero-order valence-corrected chi connectivity index (χ0v) is 28.8. The summed E-state index contributed by atoms with van der Waals surface area (Å²) in [6.45, 7) is 13.1. The van der Waals surface area contributed by atoms with Gasteiger partial charge in [0.25, 0.3) is 0 Å². The number of unbranched alkanes of at least 4 members (excludes halogenated alkanes) is 11. The van der Waals surface area contributed by atoms with Crippen molar-refractivity contribution in [2.45, 2.75) is 154 Å². The monoisotopic (exact) mass is 627 g/mol. The molecule has 1 aromatic rings. The maximum Gasteiger partial charge on any atom is 0.407 e. The molecule has 1 N–H and O–H groups in total. The Morgan fingerprint density at radius 2 is 1.45 bits per heavy atom. The van der Waals surface area contributed by atoms with E-state index in [1.54, 1.807) is 0 Å². The van der Waals surface area contributed by atoms with Crippen molar-refractivity contribution >= 4 is 24.8 Å². The Labute approximate surface area is 257 Å². The first kappa shape index (κ1) is 36.7. The van der Waals surface area contributed by atoms with Gasteiger partial charge in [-0.3, -0.25) is 0 Å². The standard InChI is InChI=1S/C32H57NO7SSi/c1-7-8-9-10-11-12-13-14-15-16-17-21-24-29-30(40-41(35,36)39-29)28(26-38-42(5,6)32(2,3)4)33-31(34)37-25-27-22-19-18-20-23-27/h18-20,22-23,28-30H,7-17,21,24-26H2,1-6H3,(H,33,34)/t28-,29+,30+/m0/s1. The molecule has 0 radical (unpaired) electrons. The zero-order valence-electron chi connectivity index (χ0n) is 27.0. The smallest absolute Gasteiger partial charge is 0.407 e. The average Bonchev–Trinajstić information content (AvgIpc) is 3.24. The molecule has 0 unspecified atom stereocenters. The van der Waals surface area contributed by atoms with Crippen molar-refractivity contribution in [2.24, 2.45) is 0 Å². The molecule has 8 nitrogen and oxygen atoms in total. The molecule has 0 spiro atoms. The molecule has 42 heavy (non-hydrogen) atoms. The van der Waals surface area contributed by atoms with Crippen molar-refractivity contribution in [1.82, 2.24) is 5.32 Å². The number of ether oxygens (including phenoxy) is 1. The molecule has 1 amide bonds. The van der Waals surface area contributed by atoms with Crippen molar-refractivity contribution < 1.29 is 30.7 Å². The minimum atomic E-state index is -4.17. The predicted octanol–water partition coefficient (Wildman–Crippen LogP) is 8.42. The fourth-order valence-electron chi connectivity index (χ4n) is 4.80. The van der Waals surface area contributed by atoms with Crippen molar-refractivity contribution in [3.8, 4) is 0 Å². The molecule has 2 rings (SSSR count). The van der Waals surface area contributed by atoms with Crippen LogP contribution in [0.5, 0.6) is 0 Å². The van der Waals surface area contributed by atoms with Crippen LogP contribution >= 0.6 is 0 Å².